The van der Waals surface area contributed by atoms with E-state index in [1.165, 1.54) is 31.4 Å². The molecule has 1 amide bonds. The second kappa shape index (κ2) is 9.96. The summed E-state index contributed by atoms with van der Waals surface area (Å²) in [5.41, 5.74) is -0.749. The lowest BCUT2D eigenvalue weighted by atomic mass is 10.2. The van der Waals surface area contributed by atoms with E-state index in [4.69, 9.17) is 4.74 Å². The molecule has 0 radical (unpaired) electrons. The average molecular weight is 460 g/mol. The topological polar surface area (TPSA) is 109 Å². The van der Waals surface area contributed by atoms with E-state index in [1.54, 1.807) is 13.8 Å². The number of aromatic nitrogens is 1. The first-order chi connectivity index (χ1) is 14.4. The smallest absolute Gasteiger partial charge is 0.417 e. The van der Waals surface area contributed by atoms with E-state index >= 15 is 0 Å². The van der Waals surface area contributed by atoms with Crippen molar-refractivity contribution in [1.29, 1.82) is 0 Å². The molecule has 0 aliphatic carbocycles. The largest absolute Gasteiger partial charge is 0.495 e. The Balaban J connectivity index is 1.99. The maximum absolute atomic E-state index is 12.5. The number of ether oxygens (including phenoxy) is 1. The highest BCUT2D eigenvalue weighted by atomic mass is 32.2. The van der Waals surface area contributed by atoms with Crippen LogP contribution in [0.2, 0.25) is 0 Å². The fraction of sp³-hybridized carbons (Fsp3) is 0.368. The number of methoxy groups -OCH3 is 1. The fourth-order valence-electron chi connectivity index (χ4n) is 2.54. The van der Waals surface area contributed by atoms with Gasteiger partial charge in [0.05, 0.1) is 12.7 Å². The molecule has 0 aliphatic heterocycles. The highest BCUT2D eigenvalue weighted by Crippen LogP contribution is 2.29. The van der Waals surface area contributed by atoms with Gasteiger partial charge in [0.25, 0.3) is 5.91 Å². The quantitative estimate of drug-likeness (QED) is 0.497. The zero-order valence-electron chi connectivity index (χ0n) is 17.1. The molecule has 1 heterocycles. The minimum Gasteiger partial charge on any atom is -0.495 e. The van der Waals surface area contributed by atoms with Crippen LogP contribution in [0.3, 0.4) is 0 Å². The Hall–Kier alpha value is -2.86. The Bertz CT molecular complexity index is 1010. The molecule has 8 nitrogen and oxygen atoms in total. The van der Waals surface area contributed by atoms with Crippen LogP contribution in [0.1, 0.15) is 29.8 Å². The maximum atomic E-state index is 12.5. The maximum Gasteiger partial charge on any atom is 0.417 e. The third-order valence-corrected chi connectivity index (χ3v) is 5.59. The van der Waals surface area contributed by atoms with Crippen LogP contribution in [0.4, 0.5) is 19.0 Å². The third-order valence-electron chi connectivity index (χ3n) is 3.91. The molecule has 1 aromatic carbocycles. The Morgan fingerprint density at radius 3 is 2.42 bits per heavy atom. The van der Waals surface area contributed by atoms with Crippen molar-refractivity contribution in [3.8, 4) is 5.75 Å². The monoisotopic (exact) mass is 460 g/mol. The van der Waals surface area contributed by atoms with Crippen LogP contribution in [0.15, 0.2) is 41.4 Å². The number of sulfonamides is 1. The van der Waals surface area contributed by atoms with Gasteiger partial charge in [-0.15, -0.1) is 0 Å². The standard InChI is InChI=1S/C19H23F3N4O4S/c1-12(2)26-31(28,29)16-10-13(4-6-15(16)30-3)18(27)24-9-8-23-17-7-5-14(11-25-17)19(20,21)22/h4-7,10-12,26H,8-9H2,1-3H3,(H,23,25)(H,24,27). The molecular weight excluding hydrogens is 437 g/mol. The van der Waals surface area contributed by atoms with Crippen molar-refractivity contribution in [2.45, 2.75) is 31.0 Å². The van der Waals surface area contributed by atoms with E-state index < -0.39 is 27.7 Å². The predicted molar refractivity (Wildman–Crippen MR) is 109 cm³/mol. The van der Waals surface area contributed by atoms with Crippen LogP contribution in [-0.2, 0) is 16.2 Å². The zero-order valence-corrected chi connectivity index (χ0v) is 17.9. The number of carbonyl (C=O) groups is 1. The zero-order chi connectivity index (χ0) is 23.2. The summed E-state index contributed by atoms with van der Waals surface area (Å²) in [6.45, 7) is 3.65. The van der Waals surface area contributed by atoms with Gasteiger partial charge < -0.3 is 15.4 Å². The molecule has 0 saturated carbocycles. The molecular formula is C19H23F3N4O4S. The molecule has 0 bridgehead atoms. The van der Waals surface area contributed by atoms with Gasteiger partial charge in [0.15, 0.2) is 0 Å². The van der Waals surface area contributed by atoms with Crippen LogP contribution < -0.4 is 20.1 Å². The van der Waals surface area contributed by atoms with Gasteiger partial charge in [-0.3, -0.25) is 4.79 Å². The first-order valence-corrected chi connectivity index (χ1v) is 10.7. The van der Waals surface area contributed by atoms with Crippen LogP contribution >= 0.6 is 0 Å². The minimum absolute atomic E-state index is 0.0970. The number of amides is 1. The predicted octanol–water partition coefficient (Wildman–Crippen LogP) is 2.64. The van der Waals surface area contributed by atoms with E-state index in [0.717, 1.165) is 6.07 Å². The normalized spacial score (nSPS) is 12.0. The molecule has 12 heteroatoms. The van der Waals surface area contributed by atoms with Crippen molar-refractivity contribution in [3.05, 3.63) is 47.7 Å². The highest BCUT2D eigenvalue weighted by molar-refractivity contribution is 7.89. The summed E-state index contributed by atoms with van der Waals surface area (Å²) in [6.07, 6.45) is -3.75. The number of hydrogen-bond donors (Lipinski definition) is 3. The third kappa shape index (κ3) is 6.82. The fourth-order valence-corrected chi connectivity index (χ4v) is 3.98. The summed E-state index contributed by atoms with van der Waals surface area (Å²) in [4.78, 5) is 15.9. The first kappa shape index (κ1) is 24.4. The molecule has 31 heavy (non-hydrogen) atoms. The highest BCUT2D eigenvalue weighted by Gasteiger charge is 2.30. The molecule has 0 saturated heterocycles. The van der Waals surface area contributed by atoms with Gasteiger partial charge in [-0.2, -0.15) is 13.2 Å². The number of nitrogens with one attached hydrogen (secondary N) is 3. The average Bonchev–Trinajstić information content (AvgIpc) is 2.69. The Morgan fingerprint density at radius 1 is 1.16 bits per heavy atom. The van der Waals surface area contributed by atoms with Gasteiger partial charge in [0, 0.05) is 30.9 Å². The van der Waals surface area contributed by atoms with E-state index in [1.807, 2.05) is 0 Å². The molecule has 0 fully saturated rings. The van der Waals surface area contributed by atoms with E-state index in [2.05, 4.69) is 20.3 Å². The van der Waals surface area contributed by atoms with Crippen LogP contribution in [-0.4, -0.2) is 45.6 Å². The Kier molecular flexibility index (Phi) is 7.85. The van der Waals surface area contributed by atoms with Crippen molar-refractivity contribution in [3.63, 3.8) is 0 Å². The molecule has 1 aromatic heterocycles. The Labute approximate surface area is 178 Å². The molecule has 0 unspecified atom stereocenters. The Morgan fingerprint density at radius 2 is 1.87 bits per heavy atom. The molecule has 0 aliphatic rings. The summed E-state index contributed by atoms with van der Waals surface area (Å²) < 4.78 is 70.1. The molecule has 170 valence electrons. The van der Waals surface area contributed by atoms with Crippen molar-refractivity contribution >= 4 is 21.7 Å². The number of hydrogen-bond acceptors (Lipinski definition) is 6. The lowest BCUT2D eigenvalue weighted by molar-refractivity contribution is -0.137. The second-order valence-corrected chi connectivity index (χ2v) is 8.44. The number of anilines is 1. The molecule has 0 atom stereocenters. The number of rotatable bonds is 9. The summed E-state index contributed by atoms with van der Waals surface area (Å²) in [5, 5.41) is 5.38. The van der Waals surface area contributed by atoms with Gasteiger partial charge in [0.2, 0.25) is 10.0 Å². The molecule has 0 spiro atoms. The summed E-state index contributed by atoms with van der Waals surface area (Å²) in [6, 6.07) is 5.76. The summed E-state index contributed by atoms with van der Waals surface area (Å²) in [5.74, 6) is -0.203. The van der Waals surface area contributed by atoms with Crippen LogP contribution in [0.25, 0.3) is 0 Å². The number of carbonyl (C=O) groups excluding carboxylic acids is 1. The van der Waals surface area contributed by atoms with Gasteiger partial charge in [-0.1, -0.05) is 0 Å². The van der Waals surface area contributed by atoms with Gasteiger partial charge in [-0.05, 0) is 44.2 Å². The molecule has 2 aromatic rings. The van der Waals surface area contributed by atoms with Crippen molar-refractivity contribution in [2.75, 3.05) is 25.5 Å². The SMILES string of the molecule is COc1ccc(C(=O)NCCNc2ccc(C(F)(F)F)cn2)cc1S(=O)(=O)NC(C)C. The number of benzene rings is 1. The van der Waals surface area contributed by atoms with Gasteiger partial charge in [0.1, 0.15) is 16.5 Å². The summed E-state index contributed by atoms with van der Waals surface area (Å²) in [7, 11) is -2.57. The van der Waals surface area contributed by atoms with Gasteiger partial charge >= 0.3 is 6.18 Å². The molecule has 2 rings (SSSR count). The lowest BCUT2D eigenvalue weighted by Crippen LogP contribution is -2.31. The van der Waals surface area contributed by atoms with Crippen LogP contribution in [0.5, 0.6) is 5.75 Å². The first-order valence-electron chi connectivity index (χ1n) is 9.19. The number of nitrogens with zero attached hydrogens (tertiary/aromatic N) is 1. The second-order valence-electron chi connectivity index (χ2n) is 6.75. The summed E-state index contributed by atoms with van der Waals surface area (Å²) >= 11 is 0. The van der Waals surface area contributed by atoms with E-state index in [9.17, 15) is 26.4 Å². The number of alkyl halides is 3. The van der Waals surface area contributed by atoms with E-state index in [-0.39, 0.29) is 41.2 Å². The lowest BCUT2D eigenvalue weighted by Gasteiger charge is -2.14. The van der Waals surface area contributed by atoms with Crippen LogP contribution in [0, 0.1) is 0 Å². The van der Waals surface area contributed by atoms with Crippen molar-refractivity contribution < 1.29 is 31.1 Å². The minimum atomic E-state index is -4.46. The van der Waals surface area contributed by atoms with Crippen molar-refractivity contribution in [1.82, 2.24) is 15.0 Å². The van der Waals surface area contributed by atoms with Gasteiger partial charge in [-0.25, -0.2) is 18.1 Å². The van der Waals surface area contributed by atoms with Crippen molar-refractivity contribution in [2.24, 2.45) is 0 Å². The number of pyridine rings is 1. The van der Waals surface area contributed by atoms with E-state index in [0.29, 0.717) is 6.20 Å². The molecule has 3 N–H and O–H groups in total. The number of halogens is 3.